The van der Waals surface area contributed by atoms with Gasteiger partial charge in [0.2, 0.25) is 0 Å². The molecule has 1 N–H and O–H groups in total. The molecule has 0 aliphatic carbocycles. The third-order valence-corrected chi connectivity index (χ3v) is 3.81. The van der Waals surface area contributed by atoms with Crippen molar-refractivity contribution in [3.63, 3.8) is 0 Å². The summed E-state index contributed by atoms with van der Waals surface area (Å²) < 4.78 is 18.0. The van der Waals surface area contributed by atoms with Gasteiger partial charge in [-0.1, -0.05) is 10.3 Å². The maximum absolute atomic E-state index is 13.4. The summed E-state index contributed by atoms with van der Waals surface area (Å²) in [4.78, 5) is 5.65. The van der Waals surface area contributed by atoms with Crippen LogP contribution in [0.5, 0.6) is 0 Å². The summed E-state index contributed by atoms with van der Waals surface area (Å²) in [6, 6.07) is 4.89. The largest absolute Gasteiger partial charge is 0.358 e. The van der Waals surface area contributed by atoms with E-state index in [1.54, 1.807) is 18.3 Å². The van der Waals surface area contributed by atoms with Gasteiger partial charge in [-0.05, 0) is 23.8 Å². The Bertz CT molecular complexity index is 750. The highest BCUT2D eigenvalue weighted by Crippen LogP contribution is 2.28. The fourth-order valence-corrected chi connectivity index (χ4v) is 2.86. The van der Waals surface area contributed by atoms with Crippen LogP contribution in [0.15, 0.2) is 29.0 Å². The number of rotatable bonds is 2. The minimum Gasteiger partial charge on any atom is -0.358 e. The summed E-state index contributed by atoms with van der Waals surface area (Å²) in [6.07, 6.45) is 2.56. The highest BCUT2D eigenvalue weighted by molar-refractivity contribution is 5.84. The minimum absolute atomic E-state index is 0.197. The molecular formula is C14H13FN4O. The first-order chi connectivity index (χ1) is 9.79. The molecule has 0 amide bonds. The number of hydrogen-bond donors (Lipinski definition) is 1. The average Bonchev–Trinajstić information content (AvgIpc) is 3.06. The molecule has 0 bridgehead atoms. The highest BCUT2D eigenvalue weighted by atomic mass is 19.1. The summed E-state index contributed by atoms with van der Waals surface area (Å²) in [5.74, 6) is -0.197. The van der Waals surface area contributed by atoms with Crippen molar-refractivity contribution in [3.8, 4) is 0 Å². The Hall–Kier alpha value is -2.21. The van der Waals surface area contributed by atoms with Crippen LogP contribution >= 0.6 is 0 Å². The van der Waals surface area contributed by atoms with Crippen molar-refractivity contribution in [2.45, 2.75) is 19.5 Å². The molecule has 0 atom stereocenters. The first-order valence-corrected chi connectivity index (χ1v) is 6.57. The third kappa shape index (κ3) is 1.89. The fraction of sp³-hybridized carbons (Fsp3) is 0.286. The quantitative estimate of drug-likeness (QED) is 0.777. The van der Waals surface area contributed by atoms with E-state index in [2.05, 4.69) is 24.8 Å². The van der Waals surface area contributed by atoms with Crippen LogP contribution in [0.4, 0.5) is 4.39 Å². The van der Waals surface area contributed by atoms with E-state index in [-0.39, 0.29) is 5.82 Å². The van der Waals surface area contributed by atoms with E-state index < -0.39 is 0 Å². The number of H-pyrrole nitrogens is 1. The van der Waals surface area contributed by atoms with Gasteiger partial charge in [0.1, 0.15) is 11.5 Å². The Kier molecular flexibility index (Phi) is 2.56. The Morgan fingerprint density at radius 2 is 2.35 bits per heavy atom. The average molecular weight is 272 g/mol. The molecule has 0 radical (unpaired) electrons. The lowest BCUT2D eigenvalue weighted by Crippen LogP contribution is -2.29. The molecule has 20 heavy (non-hydrogen) atoms. The molecule has 1 aliphatic rings. The first-order valence-electron chi connectivity index (χ1n) is 6.57. The molecule has 102 valence electrons. The zero-order valence-corrected chi connectivity index (χ0v) is 10.8. The first kappa shape index (κ1) is 11.6. The number of fused-ring (bicyclic) bond motifs is 3. The second-order valence-electron chi connectivity index (χ2n) is 5.13. The molecule has 0 unspecified atom stereocenters. The Morgan fingerprint density at radius 1 is 1.40 bits per heavy atom. The summed E-state index contributed by atoms with van der Waals surface area (Å²) >= 11 is 0. The van der Waals surface area contributed by atoms with Gasteiger partial charge < -0.3 is 4.98 Å². The molecule has 4 rings (SSSR count). The molecule has 5 nitrogen and oxygen atoms in total. The molecule has 1 aromatic carbocycles. The van der Waals surface area contributed by atoms with Gasteiger partial charge in [-0.2, -0.15) is 0 Å². The van der Waals surface area contributed by atoms with Crippen molar-refractivity contribution < 1.29 is 9.02 Å². The van der Waals surface area contributed by atoms with Gasteiger partial charge in [-0.3, -0.25) is 4.90 Å². The smallest absolute Gasteiger partial charge is 0.123 e. The van der Waals surface area contributed by atoms with E-state index in [1.165, 1.54) is 17.3 Å². The molecule has 3 heterocycles. The molecule has 6 heteroatoms. The number of hydrogen-bond acceptors (Lipinski definition) is 4. The molecule has 0 saturated heterocycles. The molecule has 0 spiro atoms. The van der Waals surface area contributed by atoms with Gasteiger partial charge in [0.25, 0.3) is 0 Å². The van der Waals surface area contributed by atoms with Crippen molar-refractivity contribution in [1.82, 2.24) is 20.2 Å². The van der Waals surface area contributed by atoms with E-state index in [1.807, 2.05) is 0 Å². The van der Waals surface area contributed by atoms with Crippen molar-refractivity contribution in [3.05, 3.63) is 47.2 Å². The predicted octanol–water partition coefficient (Wildman–Crippen LogP) is 2.25. The van der Waals surface area contributed by atoms with Crippen molar-refractivity contribution in [2.75, 3.05) is 6.54 Å². The lowest BCUT2D eigenvalue weighted by molar-refractivity contribution is 0.233. The zero-order valence-electron chi connectivity index (χ0n) is 10.8. The van der Waals surface area contributed by atoms with Gasteiger partial charge in [0.05, 0.1) is 6.20 Å². The summed E-state index contributed by atoms with van der Waals surface area (Å²) in [5, 5.41) is 8.42. The standard InChI is InChI=1S/C14H13FN4O/c15-9-1-2-13-11(5-9)12-8-19(4-3-14(12)17-13)7-10-6-16-20-18-10/h1-2,5-6,17H,3-4,7-8H2. The molecule has 1 aliphatic heterocycles. The van der Waals surface area contributed by atoms with E-state index in [9.17, 15) is 4.39 Å². The van der Waals surface area contributed by atoms with Gasteiger partial charge in [-0.25, -0.2) is 9.02 Å². The lowest BCUT2D eigenvalue weighted by Gasteiger charge is -2.25. The maximum atomic E-state index is 13.4. The fourth-order valence-electron chi connectivity index (χ4n) is 2.86. The summed E-state index contributed by atoms with van der Waals surface area (Å²) in [5.41, 5.74) is 4.21. The SMILES string of the molecule is Fc1ccc2[nH]c3c(c2c1)CN(Cc1cnon1)CC3. The van der Waals surface area contributed by atoms with Gasteiger partial charge in [-0.15, -0.1) is 0 Å². The van der Waals surface area contributed by atoms with E-state index in [0.29, 0.717) is 6.54 Å². The molecule has 0 saturated carbocycles. The Labute approximate surface area is 114 Å². The van der Waals surface area contributed by atoms with Gasteiger partial charge in [0, 0.05) is 42.7 Å². The Balaban J connectivity index is 1.67. The maximum Gasteiger partial charge on any atom is 0.123 e. The minimum atomic E-state index is -0.197. The van der Waals surface area contributed by atoms with Crippen LogP contribution in [0, 0.1) is 5.82 Å². The van der Waals surface area contributed by atoms with Crippen LogP contribution < -0.4 is 0 Å². The topological polar surface area (TPSA) is 58.0 Å². The highest BCUT2D eigenvalue weighted by Gasteiger charge is 2.21. The number of nitrogens with one attached hydrogen (secondary N) is 1. The van der Waals surface area contributed by atoms with Crippen LogP contribution in [0.3, 0.4) is 0 Å². The Morgan fingerprint density at radius 3 is 3.20 bits per heavy atom. The van der Waals surface area contributed by atoms with E-state index >= 15 is 0 Å². The van der Waals surface area contributed by atoms with Crippen molar-refractivity contribution in [1.29, 1.82) is 0 Å². The molecule has 3 aromatic rings. The van der Waals surface area contributed by atoms with E-state index in [4.69, 9.17) is 0 Å². The monoisotopic (exact) mass is 272 g/mol. The normalized spacial score (nSPS) is 15.7. The van der Waals surface area contributed by atoms with Crippen LogP contribution in [0.25, 0.3) is 10.9 Å². The molecule has 2 aromatic heterocycles. The second-order valence-corrected chi connectivity index (χ2v) is 5.13. The van der Waals surface area contributed by atoms with Crippen molar-refractivity contribution in [2.24, 2.45) is 0 Å². The predicted molar refractivity (Wildman–Crippen MR) is 70.4 cm³/mol. The van der Waals surface area contributed by atoms with Gasteiger partial charge >= 0.3 is 0 Å². The van der Waals surface area contributed by atoms with Crippen LogP contribution in [-0.4, -0.2) is 26.7 Å². The zero-order chi connectivity index (χ0) is 13.5. The molecule has 0 fully saturated rings. The van der Waals surface area contributed by atoms with Crippen LogP contribution in [0.1, 0.15) is 17.0 Å². The summed E-state index contributed by atoms with van der Waals surface area (Å²) in [6.45, 7) is 2.42. The number of aromatic amines is 1. The second kappa shape index (κ2) is 4.42. The van der Waals surface area contributed by atoms with E-state index in [0.717, 1.165) is 36.1 Å². The number of halogens is 1. The van der Waals surface area contributed by atoms with Crippen LogP contribution in [0.2, 0.25) is 0 Å². The van der Waals surface area contributed by atoms with Gasteiger partial charge in [0.15, 0.2) is 0 Å². The summed E-state index contributed by atoms with van der Waals surface area (Å²) in [7, 11) is 0. The lowest BCUT2D eigenvalue weighted by atomic mass is 10.0. The third-order valence-electron chi connectivity index (χ3n) is 3.81. The molecular weight excluding hydrogens is 259 g/mol. The number of nitrogens with zero attached hydrogens (tertiary/aromatic N) is 3. The number of benzene rings is 1. The number of aromatic nitrogens is 3. The van der Waals surface area contributed by atoms with Crippen molar-refractivity contribution >= 4 is 10.9 Å². The van der Waals surface area contributed by atoms with Crippen LogP contribution in [-0.2, 0) is 19.5 Å².